The molecule has 0 bridgehead atoms. The number of aromatic nitrogens is 2. The molecule has 0 aliphatic rings. The zero-order chi connectivity index (χ0) is 17.9. The standard InChI is InChI=1S/C18H23N3O3/c1-12-7-5-6-8-14(12)15(9-16(22)23)20-17(24)13-10-19-21(11-13)18(2,3)4/h5-8,10-11,15H,9H2,1-4H3,(H,20,24)(H,22,23)/t15-/m0/s1. The highest BCUT2D eigenvalue weighted by Crippen LogP contribution is 2.21. The Hall–Kier alpha value is -2.63. The van der Waals surface area contributed by atoms with Gasteiger partial charge in [-0.3, -0.25) is 14.3 Å². The van der Waals surface area contributed by atoms with Crippen LogP contribution in [-0.4, -0.2) is 26.8 Å². The number of nitrogens with one attached hydrogen (secondary N) is 1. The predicted octanol–water partition coefficient (Wildman–Crippen LogP) is 2.89. The van der Waals surface area contributed by atoms with Crippen LogP contribution >= 0.6 is 0 Å². The Balaban J connectivity index is 2.23. The summed E-state index contributed by atoms with van der Waals surface area (Å²) in [6, 6.07) is 6.86. The van der Waals surface area contributed by atoms with Crippen molar-refractivity contribution in [3.63, 3.8) is 0 Å². The largest absolute Gasteiger partial charge is 0.481 e. The second kappa shape index (κ2) is 6.86. The number of carbonyl (C=O) groups excluding carboxylic acids is 1. The Morgan fingerprint density at radius 2 is 1.96 bits per heavy atom. The summed E-state index contributed by atoms with van der Waals surface area (Å²) >= 11 is 0. The van der Waals surface area contributed by atoms with Crippen LogP contribution in [0.1, 0.15) is 54.7 Å². The summed E-state index contributed by atoms with van der Waals surface area (Å²) in [5, 5.41) is 16.2. The van der Waals surface area contributed by atoms with E-state index in [2.05, 4.69) is 10.4 Å². The van der Waals surface area contributed by atoms with Crippen LogP contribution in [0, 0.1) is 6.92 Å². The highest BCUT2D eigenvalue weighted by atomic mass is 16.4. The molecule has 1 aromatic heterocycles. The SMILES string of the molecule is Cc1ccccc1[C@H](CC(=O)O)NC(=O)c1cnn(C(C)(C)C)c1. The Morgan fingerprint density at radius 1 is 1.29 bits per heavy atom. The van der Waals surface area contributed by atoms with E-state index in [-0.39, 0.29) is 17.9 Å². The lowest BCUT2D eigenvalue weighted by atomic mass is 9.98. The van der Waals surface area contributed by atoms with E-state index >= 15 is 0 Å². The zero-order valence-corrected chi connectivity index (χ0v) is 14.4. The van der Waals surface area contributed by atoms with Crippen LogP contribution < -0.4 is 5.32 Å². The van der Waals surface area contributed by atoms with Gasteiger partial charge in [-0.15, -0.1) is 0 Å². The molecule has 0 unspecified atom stereocenters. The van der Waals surface area contributed by atoms with Gasteiger partial charge in [0.15, 0.2) is 0 Å². The van der Waals surface area contributed by atoms with Gasteiger partial charge in [-0.25, -0.2) is 0 Å². The summed E-state index contributed by atoms with van der Waals surface area (Å²) in [5.41, 5.74) is 1.93. The molecular formula is C18H23N3O3. The smallest absolute Gasteiger partial charge is 0.305 e. The lowest BCUT2D eigenvalue weighted by Crippen LogP contribution is -2.30. The molecule has 2 aromatic rings. The van der Waals surface area contributed by atoms with E-state index < -0.39 is 12.0 Å². The van der Waals surface area contributed by atoms with Gasteiger partial charge in [0.2, 0.25) is 0 Å². The third kappa shape index (κ3) is 4.22. The van der Waals surface area contributed by atoms with E-state index in [9.17, 15) is 9.59 Å². The van der Waals surface area contributed by atoms with Gasteiger partial charge in [-0.1, -0.05) is 24.3 Å². The van der Waals surface area contributed by atoms with Gasteiger partial charge in [-0.05, 0) is 38.8 Å². The minimum Gasteiger partial charge on any atom is -0.481 e. The molecule has 6 nitrogen and oxygen atoms in total. The van der Waals surface area contributed by atoms with Crippen LogP contribution in [0.3, 0.4) is 0 Å². The monoisotopic (exact) mass is 329 g/mol. The van der Waals surface area contributed by atoms with Crippen LogP contribution in [0.5, 0.6) is 0 Å². The molecule has 0 saturated heterocycles. The van der Waals surface area contributed by atoms with E-state index in [1.54, 1.807) is 10.9 Å². The predicted molar refractivity (Wildman–Crippen MR) is 90.9 cm³/mol. The molecule has 0 spiro atoms. The van der Waals surface area contributed by atoms with E-state index in [0.717, 1.165) is 11.1 Å². The lowest BCUT2D eigenvalue weighted by molar-refractivity contribution is -0.137. The van der Waals surface area contributed by atoms with Crippen LogP contribution in [-0.2, 0) is 10.3 Å². The van der Waals surface area contributed by atoms with Crippen molar-refractivity contribution in [1.82, 2.24) is 15.1 Å². The fraction of sp³-hybridized carbons (Fsp3) is 0.389. The molecule has 0 saturated carbocycles. The minimum atomic E-state index is -0.964. The Morgan fingerprint density at radius 3 is 2.50 bits per heavy atom. The van der Waals surface area contributed by atoms with Crippen molar-refractivity contribution < 1.29 is 14.7 Å². The number of hydrogen-bond acceptors (Lipinski definition) is 3. The highest BCUT2D eigenvalue weighted by Gasteiger charge is 2.22. The number of aliphatic carboxylic acids is 1. The fourth-order valence-electron chi connectivity index (χ4n) is 2.44. The molecule has 2 rings (SSSR count). The normalized spacial score (nSPS) is 12.7. The van der Waals surface area contributed by atoms with E-state index in [1.807, 2.05) is 52.0 Å². The second-order valence-electron chi connectivity index (χ2n) is 6.82. The van der Waals surface area contributed by atoms with Gasteiger partial charge in [0.1, 0.15) is 0 Å². The number of aryl methyl sites for hydroxylation is 1. The molecule has 1 atom stereocenters. The van der Waals surface area contributed by atoms with Gasteiger partial charge in [0.05, 0.1) is 29.8 Å². The molecule has 128 valence electrons. The first-order chi connectivity index (χ1) is 11.2. The highest BCUT2D eigenvalue weighted by molar-refractivity contribution is 5.94. The number of rotatable bonds is 5. The summed E-state index contributed by atoms with van der Waals surface area (Å²) in [5.74, 6) is -1.30. The Labute approximate surface area is 141 Å². The third-order valence-electron chi connectivity index (χ3n) is 3.78. The van der Waals surface area contributed by atoms with Crippen LogP contribution in [0.4, 0.5) is 0 Å². The number of amides is 1. The maximum Gasteiger partial charge on any atom is 0.305 e. The third-order valence-corrected chi connectivity index (χ3v) is 3.78. The molecule has 0 fully saturated rings. The maximum absolute atomic E-state index is 12.5. The summed E-state index contributed by atoms with van der Waals surface area (Å²) < 4.78 is 1.71. The van der Waals surface area contributed by atoms with Gasteiger partial charge >= 0.3 is 5.97 Å². The van der Waals surface area contributed by atoms with Crippen LogP contribution in [0.2, 0.25) is 0 Å². The molecule has 0 aliphatic heterocycles. The molecule has 6 heteroatoms. The average Bonchev–Trinajstić information content (AvgIpc) is 2.96. The molecular weight excluding hydrogens is 306 g/mol. The van der Waals surface area contributed by atoms with Crippen molar-refractivity contribution in [2.75, 3.05) is 0 Å². The number of hydrogen-bond donors (Lipinski definition) is 2. The lowest BCUT2D eigenvalue weighted by Gasteiger charge is -2.20. The number of carboxylic acids is 1. The van der Waals surface area contributed by atoms with Crippen molar-refractivity contribution in [3.8, 4) is 0 Å². The molecule has 24 heavy (non-hydrogen) atoms. The summed E-state index contributed by atoms with van der Waals surface area (Å²) in [7, 11) is 0. The summed E-state index contributed by atoms with van der Waals surface area (Å²) in [4.78, 5) is 23.7. The number of benzene rings is 1. The fourth-order valence-corrected chi connectivity index (χ4v) is 2.44. The van der Waals surface area contributed by atoms with E-state index in [0.29, 0.717) is 5.56 Å². The first-order valence-corrected chi connectivity index (χ1v) is 7.82. The molecule has 1 aromatic carbocycles. The summed E-state index contributed by atoms with van der Waals surface area (Å²) in [6.45, 7) is 7.86. The Kier molecular flexibility index (Phi) is 5.07. The number of carboxylic acid groups (broad SMARTS) is 1. The molecule has 1 amide bonds. The summed E-state index contributed by atoms with van der Waals surface area (Å²) in [6.07, 6.45) is 2.99. The van der Waals surface area contributed by atoms with Crippen LogP contribution in [0.25, 0.3) is 0 Å². The average molecular weight is 329 g/mol. The number of carbonyl (C=O) groups is 2. The molecule has 1 heterocycles. The second-order valence-corrected chi connectivity index (χ2v) is 6.82. The first kappa shape index (κ1) is 17.7. The quantitative estimate of drug-likeness (QED) is 0.883. The van der Waals surface area contributed by atoms with Crippen molar-refractivity contribution in [3.05, 3.63) is 53.3 Å². The van der Waals surface area contributed by atoms with Gasteiger partial charge < -0.3 is 10.4 Å². The van der Waals surface area contributed by atoms with Crippen molar-refractivity contribution in [1.29, 1.82) is 0 Å². The maximum atomic E-state index is 12.5. The topological polar surface area (TPSA) is 84.2 Å². The van der Waals surface area contributed by atoms with Gasteiger partial charge in [0.25, 0.3) is 5.91 Å². The van der Waals surface area contributed by atoms with Gasteiger partial charge in [-0.2, -0.15) is 5.10 Å². The first-order valence-electron chi connectivity index (χ1n) is 7.82. The van der Waals surface area contributed by atoms with Crippen molar-refractivity contribution in [2.45, 2.75) is 45.7 Å². The zero-order valence-electron chi connectivity index (χ0n) is 14.4. The molecule has 2 N–H and O–H groups in total. The molecule has 0 radical (unpaired) electrons. The number of nitrogens with zero attached hydrogens (tertiary/aromatic N) is 2. The van der Waals surface area contributed by atoms with Crippen molar-refractivity contribution >= 4 is 11.9 Å². The van der Waals surface area contributed by atoms with Crippen molar-refractivity contribution in [2.24, 2.45) is 0 Å². The Bertz CT molecular complexity index is 744. The van der Waals surface area contributed by atoms with Gasteiger partial charge in [0, 0.05) is 6.20 Å². The minimum absolute atomic E-state index is 0.177. The van der Waals surface area contributed by atoms with E-state index in [1.165, 1.54) is 6.20 Å². The van der Waals surface area contributed by atoms with E-state index in [4.69, 9.17) is 5.11 Å². The van der Waals surface area contributed by atoms with Crippen LogP contribution in [0.15, 0.2) is 36.7 Å². The molecule has 0 aliphatic carbocycles.